The lowest BCUT2D eigenvalue weighted by Crippen LogP contribution is -2.50. The molecule has 20 heavy (non-hydrogen) atoms. The molecule has 2 saturated heterocycles. The molecular formula is C13H20N4O3. The van der Waals surface area contributed by atoms with Crippen LogP contribution in [0.25, 0.3) is 0 Å². The van der Waals surface area contributed by atoms with Gasteiger partial charge in [0.2, 0.25) is 11.8 Å². The van der Waals surface area contributed by atoms with Gasteiger partial charge in [-0.2, -0.15) is 4.98 Å². The average molecular weight is 280 g/mol. The summed E-state index contributed by atoms with van der Waals surface area (Å²) in [5, 5.41) is 6.71. The van der Waals surface area contributed by atoms with Crippen molar-refractivity contribution in [3.8, 4) is 0 Å². The van der Waals surface area contributed by atoms with Crippen molar-refractivity contribution >= 4 is 5.91 Å². The number of carbonyl (C=O) groups excluding carboxylic acids is 1. The molecule has 2 aliphatic rings. The van der Waals surface area contributed by atoms with Crippen molar-refractivity contribution in [3.05, 3.63) is 11.7 Å². The first kappa shape index (κ1) is 13.5. The third-order valence-electron chi connectivity index (χ3n) is 3.77. The Balaban J connectivity index is 1.34. The molecule has 2 fully saturated rings. The van der Waals surface area contributed by atoms with E-state index in [-0.39, 0.29) is 17.9 Å². The number of hydrogen-bond donors (Lipinski definition) is 1. The third-order valence-corrected chi connectivity index (χ3v) is 3.77. The van der Waals surface area contributed by atoms with E-state index in [9.17, 15) is 4.79 Å². The fourth-order valence-corrected chi connectivity index (χ4v) is 2.63. The Bertz CT molecular complexity index is 464. The summed E-state index contributed by atoms with van der Waals surface area (Å²) in [6.45, 7) is 5.28. The number of aryl methyl sites for hydroxylation is 1. The maximum Gasteiger partial charge on any atom is 0.234 e. The molecular weight excluding hydrogens is 260 g/mol. The van der Waals surface area contributed by atoms with Gasteiger partial charge >= 0.3 is 0 Å². The number of nitrogens with zero attached hydrogens (tertiary/aromatic N) is 3. The second-order valence-corrected chi connectivity index (χ2v) is 5.51. The van der Waals surface area contributed by atoms with Crippen molar-refractivity contribution in [3.63, 3.8) is 0 Å². The maximum atomic E-state index is 11.8. The molecule has 1 N–H and O–H groups in total. The van der Waals surface area contributed by atoms with Crippen molar-refractivity contribution in [2.75, 3.05) is 32.8 Å². The van der Waals surface area contributed by atoms with Gasteiger partial charge in [0, 0.05) is 26.2 Å². The van der Waals surface area contributed by atoms with E-state index in [4.69, 9.17) is 9.26 Å². The maximum absolute atomic E-state index is 11.8. The van der Waals surface area contributed by atoms with Crippen LogP contribution in [0.15, 0.2) is 4.52 Å². The van der Waals surface area contributed by atoms with E-state index < -0.39 is 0 Å². The van der Waals surface area contributed by atoms with Crippen LogP contribution in [0.3, 0.4) is 0 Å². The number of amides is 1. The molecule has 1 amide bonds. The monoisotopic (exact) mass is 280 g/mol. The molecule has 3 rings (SSSR count). The van der Waals surface area contributed by atoms with Crippen LogP contribution in [-0.4, -0.2) is 59.8 Å². The van der Waals surface area contributed by atoms with Gasteiger partial charge in [-0.05, 0) is 19.8 Å². The first-order valence-electron chi connectivity index (χ1n) is 7.11. The highest BCUT2D eigenvalue weighted by molar-refractivity contribution is 5.78. The van der Waals surface area contributed by atoms with Crippen LogP contribution in [0.1, 0.15) is 30.5 Å². The Hall–Kier alpha value is -1.47. The topological polar surface area (TPSA) is 80.5 Å². The van der Waals surface area contributed by atoms with E-state index >= 15 is 0 Å². The molecule has 3 heterocycles. The summed E-state index contributed by atoms with van der Waals surface area (Å²) < 4.78 is 10.6. The molecule has 0 radical (unpaired) electrons. The highest BCUT2D eigenvalue weighted by atomic mass is 16.5. The highest BCUT2D eigenvalue weighted by Crippen LogP contribution is 2.24. The number of hydrogen-bond acceptors (Lipinski definition) is 6. The van der Waals surface area contributed by atoms with Gasteiger partial charge in [0.05, 0.1) is 18.6 Å². The minimum atomic E-state index is 0.0562. The van der Waals surface area contributed by atoms with Crippen molar-refractivity contribution in [1.29, 1.82) is 0 Å². The lowest BCUT2D eigenvalue weighted by atomic mass is 10.0. The van der Waals surface area contributed by atoms with Gasteiger partial charge in [0.1, 0.15) is 0 Å². The number of nitrogens with one attached hydrogen (secondary N) is 1. The van der Waals surface area contributed by atoms with E-state index in [1.165, 1.54) is 0 Å². The van der Waals surface area contributed by atoms with Crippen LogP contribution >= 0.6 is 0 Å². The first-order chi connectivity index (χ1) is 9.70. The van der Waals surface area contributed by atoms with Crippen LogP contribution in [0.5, 0.6) is 0 Å². The number of ether oxygens (including phenoxy) is 1. The van der Waals surface area contributed by atoms with Gasteiger partial charge < -0.3 is 14.6 Å². The molecule has 0 unspecified atom stereocenters. The quantitative estimate of drug-likeness (QED) is 0.822. The summed E-state index contributed by atoms with van der Waals surface area (Å²) in [4.78, 5) is 18.1. The second-order valence-electron chi connectivity index (χ2n) is 5.51. The minimum absolute atomic E-state index is 0.0562. The Labute approximate surface area is 117 Å². The Kier molecular flexibility index (Phi) is 3.98. The second kappa shape index (κ2) is 5.88. The van der Waals surface area contributed by atoms with E-state index in [1.54, 1.807) is 0 Å². The Morgan fingerprint density at radius 1 is 1.50 bits per heavy atom. The summed E-state index contributed by atoms with van der Waals surface area (Å²) >= 11 is 0. The predicted molar refractivity (Wildman–Crippen MR) is 70.2 cm³/mol. The summed E-state index contributed by atoms with van der Waals surface area (Å²) in [5.41, 5.74) is 0. The zero-order valence-electron chi connectivity index (χ0n) is 11.7. The largest absolute Gasteiger partial charge is 0.376 e. The zero-order chi connectivity index (χ0) is 13.9. The highest BCUT2D eigenvalue weighted by Gasteiger charge is 2.33. The van der Waals surface area contributed by atoms with E-state index in [0.717, 1.165) is 32.5 Å². The number of carbonyl (C=O) groups is 1. The molecule has 7 nitrogen and oxygen atoms in total. The molecule has 0 aliphatic carbocycles. The van der Waals surface area contributed by atoms with Crippen LogP contribution < -0.4 is 5.32 Å². The first-order valence-corrected chi connectivity index (χ1v) is 7.11. The van der Waals surface area contributed by atoms with Gasteiger partial charge in [0.15, 0.2) is 5.82 Å². The molecule has 1 atom stereocenters. The SMILES string of the molecule is Cc1noc(C2CN(CC(=O)NC[C@H]3CCCO3)C2)n1. The summed E-state index contributed by atoms with van der Waals surface area (Å²) in [6, 6.07) is 0. The molecule has 0 spiro atoms. The molecule has 2 aliphatic heterocycles. The van der Waals surface area contributed by atoms with Crippen molar-refractivity contribution < 1.29 is 14.1 Å². The van der Waals surface area contributed by atoms with Crippen molar-refractivity contribution in [1.82, 2.24) is 20.4 Å². The number of likely N-dealkylation sites (tertiary alicyclic amines) is 1. The fraction of sp³-hybridized carbons (Fsp3) is 0.769. The van der Waals surface area contributed by atoms with Gasteiger partial charge in [-0.3, -0.25) is 9.69 Å². The van der Waals surface area contributed by atoms with Crippen LogP contribution in [-0.2, 0) is 9.53 Å². The van der Waals surface area contributed by atoms with Gasteiger partial charge in [-0.15, -0.1) is 0 Å². The molecule has 7 heteroatoms. The van der Waals surface area contributed by atoms with E-state index in [0.29, 0.717) is 24.8 Å². The summed E-state index contributed by atoms with van der Waals surface area (Å²) in [6.07, 6.45) is 2.34. The normalized spacial score (nSPS) is 23.8. The van der Waals surface area contributed by atoms with Crippen LogP contribution in [0.2, 0.25) is 0 Å². The standard InChI is InChI=1S/C13H20N4O3/c1-9-15-13(20-16-9)10-6-17(7-10)8-12(18)14-5-11-3-2-4-19-11/h10-11H,2-8H2,1H3,(H,14,18)/t11-/m1/s1. The Morgan fingerprint density at radius 2 is 2.35 bits per heavy atom. The minimum Gasteiger partial charge on any atom is -0.376 e. The number of rotatable bonds is 5. The zero-order valence-corrected chi connectivity index (χ0v) is 11.7. The molecule has 0 bridgehead atoms. The number of aromatic nitrogens is 2. The molecule has 0 aromatic carbocycles. The van der Waals surface area contributed by atoms with Crippen molar-refractivity contribution in [2.24, 2.45) is 0 Å². The molecule has 110 valence electrons. The lowest BCUT2D eigenvalue weighted by molar-refractivity contribution is -0.123. The lowest BCUT2D eigenvalue weighted by Gasteiger charge is -2.36. The average Bonchev–Trinajstić information content (AvgIpc) is 3.02. The third kappa shape index (κ3) is 3.16. The Morgan fingerprint density at radius 3 is 3.00 bits per heavy atom. The fourth-order valence-electron chi connectivity index (χ4n) is 2.63. The van der Waals surface area contributed by atoms with Crippen LogP contribution in [0, 0.1) is 6.92 Å². The molecule has 1 aromatic rings. The molecule has 0 saturated carbocycles. The van der Waals surface area contributed by atoms with Crippen molar-refractivity contribution in [2.45, 2.75) is 31.8 Å². The summed E-state index contributed by atoms with van der Waals surface area (Å²) in [5.74, 6) is 1.66. The molecule has 1 aromatic heterocycles. The van der Waals surface area contributed by atoms with E-state index in [1.807, 2.05) is 6.92 Å². The van der Waals surface area contributed by atoms with Gasteiger partial charge in [-0.25, -0.2) is 0 Å². The van der Waals surface area contributed by atoms with Gasteiger partial charge in [0.25, 0.3) is 0 Å². The predicted octanol–water partition coefficient (Wildman–Crippen LogP) is 0.0724. The smallest absolute Gasteiger partial charge is 0.234 e. The van der Waals surface area contributed by atoms with Gasteiger partial charge in [-0.1, -0.05) is 5.16 Å². The van der Waals surface area contributed by atoms with Crippen LogP contribution in [0.4, 0.5) is 0 Å². The van der Waals surface area contributed by atoms with E-state index in [2.05, 4.69) is 20.4 Å². The summed E-state index contributed by atoms with van der Waals surface area (Å²) in [7, 11) is 0.